The number of nitrogens with zero attached hydrogens (tertiary/aromatic N) is 3. The van der Waals surface area contributed by atoms with E-state index >= 15 is 0 Å². The molecule has 108 valence electrons. The number of carbonyl (C=O) groups is 2. The fourth-order valence-electron chi connectivity index (χ4n) is 2.47. The van der Waals surface area contributed by atoms with E-state index in [9.17, 15) is 9.59 Å². The maximum absolute atomic E-state index is 12.3. The first-order valence-electron chi connectivity index (χ1n) is 6.72. The minimum atomic E-state index is -0.798. The summed E-state index contributed by atoms with van der Waals surface area (Å²) in [7, 11) is 0. The second kappa shape index (κ2) is 7.00. The zero-order valence-electron chi connectivity index (χ0n) is 11.1. The molecule has 2 aliphatic rings. The Morgan fingerprint density at radius 1 is 0.947 bits per heavy atom. The van der Waals surface area contributed by atoms with Gasteiger partial charge in [0.15, 0.2) is 0 Å². The summed E-state index contributed by atoms with van der Waals surface area (Å²) >= 11 is 1.89. The Balaban J connectivity index is 1.84. The molecule has 2 aliphatic heterocycles. The highest BCUT2D eigenvalue weighted by Crippen LogP contribution is 2.13. The molecule has 0 aromatic carbocycles. The average Bonchev–Trinajstić information content (AvgIpc) is 2.64. The Hall–Kier alpha value is -0.950. The van der Waals surface area contributed by atoms with Crippen LogP contribution in [0.15, 0.2) is 0 Å². The summed E-state index contributed by atoms with van der Waals surface area (Å²) in [6, 6.07) is 0.123. The van der Waals surface area contributed by atoms with Crippen LogP contribution in [0.1, 0.15) is 6.42 Å². The Morgan fingerprint density at radius 3 is 2.32 bits per heavy atom. The molecular weight excluding hydrogens is 266 g/mol. The van der Waals surface area contributed by atoms with Crippen molar-refractivity contribution in [2.45, 2.75) is 6.42 Å². The Bertz CT molecular complexity index is 334. The molecule has 0 bridgehead atoms. The second-order valence-corrected chi connectivity index (χ2v) is 6.12. The van der Waals surface area contributed by atoms with Gasteiger partial charge in [0.05, 0.1) is 6.54 Å². The number of amides is 2. The van der Waals surface area contributed by atoms with Gasteiger partial charge >= 0.3 is 12.0 Å². The van der Waals surface area contributed by atoms with E-state index in [1.807, 2.05) is 26.5 Å². The van der Waals surface area contributed by atoms with Gasteiger partial charge in [-0.15, -0.1) is 0 Å². The normalized spacial score (nSPS) is 22.1. The van der Waals surface area contributed by atoms with E-state index < -0.39 is 5.97 Å². The number of thioether (sulfide) groups is 1. The summed E-state index contributed by atoms with van der Waals surface area (Å²) in [5.74, 6) is 1.24. The van der Waals surface area contributed by atoms with Crippen LogP contribution in [0.25, 0.3) is 0 Å². The lowest BCUT2D eigenvalue weighted by Crippen LogP contribution is -2.47. The van der Waals surface area contributed by atoms with Crippen molar-refractivity contribution >= 4 is 23.8 Å². The number of aliphatic carboxylic acids is 1. The maximum Gasteiger partial charge on any atom is 0.320 e. The molecule has 0 spiro atoms. The molecule has 0 saturated carbocycles. The molecule has 2 amide bonds. The number of hydrogen-bond donors (Lipinski definition) is 1. The van der Waals surface area contributed by atoms with E-state index in [4.69, 9.17) is 5.11 Å². The van der Waals surface area contributed by atoms with E-state index in [0.717, 1.165) is 44.1 Å². The maximum atomic E-state index is 12.3. The second-order valence-electron chi connectivity index (χ2n) is 4.89. The van der Waals surface area contributed by atoms with Gasteiger partial charge in [-0.05, 0) is 6.42 Å². The summed E-state index contributed by atoms with van der Waals surface area (Å²) in [6.07, 6.45) is 0.849. The first-order chi connectivity index (χ1) is 9.16. The number of urea groups is 1. The topological polar surface area (TPSA) is 64.1 Å². The molecule has 7 heteroatoms. The van der Waals surface area contributed by atoms with Crippen LogP contribution in [0, 0.1) is 0 Å². The summed E-state index contributed by atoms with van der Waals surface area (Å²) in [6.45, 7) is 4.51. The van der Waals surface area contributed by atoms with Gasteiger partial charge in [-0.3, -0.25) is 9.69 Å². The first kappa shape index (κ1) is 14.5. The predicted molar refractivity (Wildman–Crippen MR) is 74.6 cm³/mol. The summed E-state index contributed by atoms with van der Waals surface area (Å²) in [4.78, 5) is 28.7. The standard InChI is InChI=1S/C12H21N3O3S/c16-11(17)10-13-2-1-3-14(5-4-13)12(18)15-6-8-19-9-7-15/h1-10H2,(H,16,17). The van der Waals surface area contributed by atoms with E-state index in [1.54, 1.807) is 0 Å². The Kier molecular flexibility index (Phi) is 5.33. The molecular formula is C12H21N3O3S. The molecule has 2 saturated heterocycles. The third-order valence-electron chi connectivity index (χ3n) is 3.50. The molecule has 2 fully saturated rings. The number of carboxylic acid groups (broad SMARTS) is 1. The third-order valence-corrected chi connectivity index (χ3v) is 4.44. The van der Waals surface area contributed by atoms with Crippen LogP contribution in [0.2, 0.25) is 0 Å². The van der Waals surface area contributed by atoms with Crippen molar-refractivity contribution in [2.24, 2.45) is 0 Å². The first-order valence-corrected chi connectivity index (χ1v) is 7.88. The summed E-state index contributed by atoms with van der Waals surface area (Å²) in [5, 5.41) is 8.80. The van der Waals surface area contributed by atoms with Crippen LogP contribution in [0.4, 0.5) is 4.79 Å². The molecule has 19 heavy (non-hydrogen) atoms. The Morgan fingerprint density at radius 2 is 1.63 bits per heavy atom. The van der Waals surface area contributed by atoms with Crippen molar-refractivity contribution in [3.63, 3.8) is 0 Å². The van der Waals surface area contributed by atoms with Crippen molar-refractivity contribution in [1.29, 1.82) is 0 Å². The fraction of sp³-hybridized carbons (Fsp3) is 0.833. The van der Waals surface area contributed by atoms with E-state index in [1.165, 1.54) is 0 Å². The zero-order chi connectivity index (χ0) is 13.7. The monoisotopic (exact) mass is 287 g/mol. The van der Waals surface area contributed by atoms with Crippen molar-refractivity contribution in [3.8, 4) is 0 Å². The predicted octanol–water partition coefficient (Wildman–Crippen LogP) is 0.247. The fourth-order valence-corrected chi connectivity index (χ4v) is 3.37. The molecule has 0 unspecified atom stereocenters. The third kappa shape index (κ3) is 4.28. The van der Waals surface area contributed by atoms with Crippen LogP contribution in [-0.4, -0.2) is 89.1 Å². The van der Waals surface area contributed by atoms with Gasteiger partial charge in [-0.25, -0.2) is 4.79 Å². The van der Waals surface area contributed by atoms with Gasteiger partial charge in [0.1, 0.15) is 0 Å². The van der Waals surface area contributed by atoms with Crippen LogP contribution < -0.4 is 0 Å². The number of carboxylic acids is 1. The van der Waals surface area contributed by atoms with Gasteiger partial charge in [0.25, 0.3) is 0 Å². The van der Waals surface area contributed by atoms with Crippen LogP contribution >= 0.6 is 11.8 Å². The molecule has 0 aliphatic carbocycles. The smallest absolute Gasteiger partial charge is 0.320 e. The molecule has 2 heterocycles. The largest absolute Gasteiger partial charge is 0.480 e. The zero-order valence-corrected chi connectivity index (χ0v) is 11.9. The molecule has 6 nitrogen and oxygen atoms in total. The number of hydrogen-bond acceptors (Lipinski definition) is 4. The molecule has 0 atom stereocenters. The van der Waals surface area contributed by atoms with Crippen LogP contribution in [0.5, 0.6) is 0 Å². The molecule has 0 aromatic rings. The van der Waals surface area contributed by atoms with Crippen molar-refractivity contribution in [2.75, 3.05) is 57.3 Å². The molecule has 0 radical (unpaired) electrons. The van der Waals surface area contributed by atoms with Gasteiger partial charge in [0.2, 0.25) is 0 Å². The quantitative estimate of drug-likeness (QED) is 0.788. The average molecular weight is 287 g/mol. The lowest BCUT2D eigenvalue weighted by Gasteiger charge is -2.32. The number of carbonyl (C=O) groups excluding carboxylic acids is 1. The summed E-state index contributed by atoms with van der Waals surface area (Å²) < 4.78 is 0. The minimum absolute atomic E-state index is 0.0718. The van der Waals surface area contributed by atoms with Crippen molar-refractivity contribution in [3.05, 3.63) is 0 Å². The SMILES string of the molecule is O=C(O)CN1CCCN(C(=O)N2CCSCC2)CC1. The van der Waals surface area contributed by atoms with Gasteiger partial charge in [-0.1, -0.05) is 0 Å². The van der Waals surface area contributed by atoms with E-state index in [-0.39, 0.29) is 12.6 Å². The van der Waals surface area contributed by atoms with Crippen LogP contribution in [-0.2, 0) is 4.79 Å². The highest BCUT2D eigenvalue weighted by atomic mass is 32.2. The van der Waals surface area contributed by atoms with Gasteiger partial charge < -0.3 is 14.9 Å². The summed E-state index contributed by atoms with van der Waals surface area (Å²) in [5.41, 5.74) is 0. The van der Waals surface area contributed by atoms with Crippen LogP contribution in [0.3, 0.4) is 0 Å². The van der Waals surface area contributed by atoms with Gasteiger partial charge in [-0.2, -0.15) is 11.8 Å². The Labute approximate surface area is 117 Å². The van der Waals surface area contributed by atoms with E-state index in [2.05, 4.69) is 0 Å². The van der Waals surface area contributed by atoms with Crippen molar-refractivity contribution in [1.82, 2.24) is 14.7 Å². The number of rotatable bonds is 2. The lowest BCUT2D eigenvalue weighted by molar-refractivity contribution is -0.138. The minimum Gasteiger partial charge on any atom is -0.480 e. The molecule has 1 N–H and O–H groups in total. The lowest BCUT2D eigenvalue weighted by atomic mass is 10.4. The molecule has 0 aromatic heterocycles. The highest BCUT2D eigenvalue weighted by molar-refractivity contribution is 7.99. The van der Waals surface area contributed by atoms with Crippen molar-refractivity contribution < 1.29 is 14.7 Å². The van der Waals surface area contributed by atoms with Gasteiger partial charge in [0, 0.05) is 50.8 Å². The van der Waals surface area contributed by atoms with E-state index in [0.29, 0.717) is 13.1 Å². The molecule has 2 rings (SSSR count). The highest BCUT2D eigenvalue weighted by Gasteiger charge is 2.25.